The molecular formula is C36H40N2O10. The first kappa shape index (κ1) is 34.7. The lowest BCUT2D eigenvalue weighted by atomic mass is 9.79. The van der Waals surface area contributed by atoms with Crippen molar-refractivity contribution in [1.82, 2.24) is 9.55 Å². The van der Waals surface area contributed by atoms with Gasteiger partial charge in [0, 0.05) is 18.9 Å². The van der Waals surface area contributed by atoms with Gasteiger partial charge < -0.3 is 33.5 Å². The van der Waals surface area contributed by atoms with E-state index >= 15 is 0 Å². The Morgan fingerprint density at radius 1 is 0.896 bits per heavy atom. The lowest BCUT2D eigenvalue weighted by Crippen LogP contribution is -2.49. The lowest BCUT2D eigenvalue weighted by Gasteiger charge is -2.40. The van der Waals surface area contributed by atoms with Crippen LogP contribution in [0.25, 0.3) is 0 Å². The van der Waals surface area contributed by atoms with Gasteiger partial charge in [-0.2, -0.15) is 0 Å². The zero-order valence-electron chi connectivity index (χ0n) is 27.5. The first-order valence-electron chi connectivity index (χ1n) is 15.4. The van der Waals surface area contributed by atoms with E-state index in [0.717, 1.165) is 4.57 Å². The van der Waals surface area contributed by atoms with Crippen LogP contribution in [0.5, 0.6) is 11.5 Å². The van der Waals surface area contributed by atoms with Crippen LogP contribution in [0.3, 0.4) is 0 Å². The highest BCUT2D eigenvalue weighted by Gasteiger charge is 2.53. The van der Waals surface area contributed by atoms with Crippen molar-refractivity contribution in [2.75, 3.05) is 34.5 Å². The number of ketones is 1. The Kier molecular flexibility index (Phi) is 10.9. The van der Waals surface area contributed by atoms with Crippen molar-refractivity contribution in [3.8, 4) is 11.5 Å². The number of Topliss-reactive ketones (excluding diaryl/α,β-unsaturated/α-hetero) is 1. The van der Waals surface area contributed by atoms with E-state index in [4.69, 9.17) is 28.4 Å². The summed E-state index contributed by atoms with van der Waals surface area (Å²) in [4.78, 5) is 41.1. The quantitative estimate of drug-likeness (QED) is 0.153. The molecule has 5 rings (SSSR count). The average Bonchev–Trinajstić information content (AvgIpc) is 3.42. The minimum atomic E-state index is -1.44. The highest BCUT2D eigenvalue weighted by atomic mass is 16.6. The number of aliphatic hydroxyl groups excluding tert-OH is 1. The number of methoxy groups -OCH3 is 3. The number of ether oxygens (including phenoxy) is 6. The third kappa shape index (κ3) is 6.84. The predicted octanol–water partition coefficient (Wildman–Crippen LogP) is 3.12. The largest absolute Gasteiger partial charge is 0.497 e. The number of hydrogen-bond acceptors (Lipinski definition) is 10. The number of hydrogen-bond donors (Lipinski definition) is 2. The van der Waals surface area contributed by atoms with Crippen molar-refractivity contribution in [2.24, 2.45) is 0 Å². The van der Waals surface area contributed by atoms with Crippen LogP contribution in [0.2, 0.25) is 0 Å². The molecule has 1 unspecified atom stereocenters. The van der Waals surface area contributed by atoms with Crippen LogP contribution < -0.4 is 20.7 Å². The SMILES string of the molecule is COCCO[C@@H]1[C@H](O)[C@@H](C(OC(c2ccccc2)(c2ccc(OC)cc2)c2ccc(OC)cc2)C(C)=O)O[C@H]1n1cc(C)c(=O)[nH]c1=O. The molecule has 0 spiro atoms. The Morgan fingerprint density at radius 3 is 1.98 bits per heavy atom. The van der Waals surface area contributed by atoms with Crippen LogP contribution in [0.15, 0.2) is 94.6 Å². The summed E-state index contributed by atoms with van der Waals surface area (Å²) in [5.74, 6) is 0.796. The van der Waals surface area contributed by atoms with Gasteiger partial charge in [0.2, 0.25) is 0 Å². The number of benzene rings is 3. The Hall–Kier alpha value is -4.59. The van der Waals surface area contributed by atoms with Crippen molar-refractivity contribution in [3.63, 3.8) is 0 Å². The second-order valence-electron chi connectivity index (χ2n) is 11.4. The van der Waals surface area contributed by atoms with Crippen LogP contribution in [0.4, 0.5) is 0 Å². The van der Waals surface area contributed by atoms with Crippen molar-refractivity contribution in [3.05, 3.63) is 128 Å². The van der Waals surface area contributed by atoms with E-state index in [1.807, 2.05) is 54.6 Å². The van der Waals surface area contributed by atoms with Gasteiger partial charge in [-0.05, 0) is 54.8 Å². The number of nitrogens with zero attached hydrogens (tertiary/aromatic N) is 1. The highest BCUT2D eigenvalue weighted by Crippen LogP contribution is 2.45. The molecule has 3 aromatic carbocycles. The summed E-state index contributed by atoms with van der Waals surface area (Å²) in [7, 11) is 4.64. The van der Waals surface area contributed by atoms with Crippen LogP contribution in [0.1, 0.15) is 35.4 Å². The predicted molar refractivity (Wildman–Crippen MR) is 175 cm³/mol. The minimum Gasteiger partial charge on any atom is -0.497 e. The maximum absolute atomic E-state index is 13.7. The summed E-state index contributed by atoms with van der Waals surface area (Å²) in [6, 6.07) is 24.0. The molecule has 2 heterocycles. The van der Waals surface area contributed by atoms with E-state index in [0.29, 0.717) is 28.2 Å². The molecule has 0 bridgehead atoms. The zero-order valence-corrected chi connectivity index (χ0v) is 27.5. The number of rotatable bonds is 14. The summed E-state index contributed by atoms with van der Waals surface area (Å²) < 4.78 is 36.6. The molecule has 5 atom stereocenters. The van der Waals surface area contributed by atoms with Gasteiger partial charge in [-0.3, -0.25) is 19.1 Å². The van der Waals surface area contributed by atoms with E-state index in [1.165, 1.54) is 27.2 Å². The van der Waals surface area contributed by atoms with Crippen molar-refractivity contribution in [1.29, 1.82) is 0 Å². The molecular weight excluding hydrogens is 620 g/mol. The van der Waals surface area contributed by atoms with Gasteiger partial charge >= 0.3 is 5.69 Å². The van der Waals surface area contributed by atoms with Crippen LogP contribution in [-0.2, 0) is 29.3 Å². The Balaban J connectivity index is 1.67. The van der Waals surface area contributed by atoms with Gasteiger partial charge in [0.15, 0.2) is 12.0 Å². The van der Waals surface area contributed by atoms with E-state index in [1.54, 1.807) is 38.5 Å². The van der Waals surface area contributed by atoms with E-state index in [2.05, 4.69) is 4.98 Å². The zero-order chi connectivity index (χ0) is 34.4. The monoisotopic (exact) mass is 660 g/mol. The Morgan fingerprint density at radius 2 is 1.46 bits per heavy atom. The fourth-order valence-electron chi connectivity index (χ4n) is 5.97. The maximum Gasteiger partial charge on any atom is 0.330 e. The fourth-order valence-corrected chi connectivity index (χ4v) is 5.97. The summed E-state index contributed by atoms with van der Waals surface area (Å²) in [6.45, 7) is 3.14. The standard InChI is InChI=1S/C36H40N2O10/c1-22-21-38(35(42)37-33(22)41)34-32(46-20-19-43-3)29(40)31(47-34)30(23(2)39)48-36(24-9-7-6-8-10-24,25-11-15-27(44-4)16-12-25)26-13-17-28(45-5)18-14-26/h6-18,21,29-32,34,40H,19-20H2,1-5H3,(H,37,41,42)/t29-,30?,31+,32-,34-/m1/s1. The minimum absolute atomic E-state index is 0.0547. The molecule has 0 saturated carbocycles. The van der Waals surface area contributed by atoms with Crippen molar-refractivity contribution < 1.29 is 38.3 Å². The second-order valence-corrected chi connectivity index (χ2v) is 11.4. The van der Waals surface area contributed by atoms with E-state index < -0.39 is 53.3 Å². The summed E-state index contributed by atoms with van der Waals surface area (Å²) in [6.07, 6.45) is -5.16. The maximum atomic E-state index is 13.7. The van der Waals surface area contributed by atoms with Gasteiger partial charge in [-0.1, -0.05) is 54.6 Å². The van der Waals surface area contributed by atoms with Gasteiger partial charge in [0.1, 0.15) is 41.5 Å². The number of aromatic nitrogens is 2. The molecule has 1 aliphatic rings. The van der Waals surface area contributed by atoms with Crippen LogP contribution >= 0.6 is 0 Å². The number of aliphatic hydroxyl groups is 1. The van der Waals surface area contributed by atoms with E-state index in [9.17, 15) is 19.5 Å². The molecule has 1 fully saturated rings. The molecule has 0 radical (unpaired) electrons. The lowest BCUT2D eigenvalue weighted by molar-refractivity contribution is -0.164. The Bertz CT molecular complexity index is 1740. The van der Waals surface area contributed by atoms with Gasteiger partial charge in [-0.25, -0.2) is 4.79 Å². The number of aryl methyl sites for hydroxylation is 1. The molecule has 1 aliphatic heterocycles. The molecule has 4 aromatic rings. The Labute approximate surface area is 277 Å². The first-order valence-corrected chi connectivity index (χ1v) is 15.4. The van der Waals surface area contributed by atoms with Crippen molar-refractivity contribution in [2.45, 2.75) is 50.1 Å². The number of carbonyl (C=O) groups excluding carboxylic acids is 1. The molecule has 0 aliphatic carbocycles. The molecule has 12 nitrogen and oxygen atoms in total. The fraction of sp³-hybridized carbons (Fsp3) is 0.361. The van der Waals surface area contributed by atoms with Crippen LogP contribution in [0, 0.1) is 6.92 Å². The number of nitrogens with one attached hydrogen (secondary N) is 1. The topological polar surface area (TPSA) is 148 Å². The average molecular weight is 661 g/mol. The van der Waals surface area contributed by atoms with E-state index in [-0.39, 0.29) is 18.8 Å². The third-order valence-electron chi connectivity index (χ3n) is 8.44. The normalized spacial score (nSPS) is 20.0. The molecule has 254 valence electrons. The first-order chi connectivity index (χ1) is 23.1. The molecule has 0 amide bonds. The molecule has 1 saturated heterocycles. The highest BCUT2D eigenvalue weighted by molar-refractivity contribution is 5.81. The third-order valence-corrected chi connectivity index (χ3v) is 8.44. The van der Waals surface area contributed by atoms with Crippen molar-refractivity contribution >= 4 is 5.78 Å². The number of aromatic amines is 1. The number of H-pyrrole nitrogens is 1. The molecule has 48 heavy (non-hydrogen) atoms. The summed E-state index contributed by atoms with van der Waals surface area (Å²) >= 11 is 0. The van der Waals surface area contributed by atoms with Gasteiger partial charge in [0.25, 0.3) is 5.56 Å². The van der Waals surface area contributed by atoms with Crippen LogP contribution in [-0.4, -0.2) is 79.4 Å². The summed E-state index contributed by atoms with van der Waals surface area (Å²) in [5.41, 5.74) is -0.483. The second kappa shape index (κ2) is 15.1. The smallest absolute Gasteiger partial charge is 0.330 e. The summed E-state index contributed by atoms with van der Waals surface area (Å²) in [5, 5.41) is 11.8. The number of carbonyl (C=O) groups is 1. The molecule has 2 N–H and O–H groups in total. The van der Waals surface area contributed by atoms with Gasteiger partial charge in [-0.15, -0.1) is 0 Å². The molecule has 1 aromatic heterocycles. The van der Waals surface area contributed by atoms with Gasteiger partial charge in [0.05, 0.1) is 27.4 Å². The molecule has 12 heteroatoms.